The molecule has 0 atom stereocenters. The van der Waals surface area contributed by atoms with Crippen molar-refractivity contribution in [1.29, 1.82) is 0 Å². The molecule has 1 aromatic heterocycles. The molecular formula is C16H21N3OS. The Morgan fingerprint density at radius 1 is 1.38 bits per heavy atom. The van der Waals surface area contributed by atoms with E-state index >= 15 is 0 Å². The average Bonchev–Trinajstić information content (AvgIpc) is 2.74. The summed E-state index contributed by atoms with van der Waals surface area (Å²) in [6.07, 6.45) is 0. The molecule has 0 radical (unpaired) electrons. The fraction of sp³-hybridized carbons (Fsp3) is 0.375. The molecule has 0 saturated heterocycles. The molecule has 0 spiro atoms. The molecule has 2 aromatic rings. The second-order valence-electron chi connectivity index (χ2n) is 5.42. The number of hydrogen-bond acceptors (Lipinski definition) is 4. The van der Waals surface area contributed by atoms with Crippen molar-refractivity contribution in [2.45, 2.75) is 40.3 Å². The lowest BCUT2D eigenvalue weighted by Gasteiger charge is -2.26. The second-order valence-corrected chi connectivity index (χ2v) is 6.62. The van der Waals surface area contributed by atoms with Crippen LogP contribution in [0.25, 0.3) is 0 Å². The van der Waals surface area contributed by atoms with Gasteiger partial charge in [-0.2, -0.15) is 0 Å². The summed E-state index contributed by atoms with van der Waals surface area (Å²) in [6, 6.07) is 7.77. The summed E-state index contributed by atoms with van der Waals surface area (Å²) in [5.74, 6) is 0.0375. The number of aromatic nitrogens is 1. The van der Waals surface area contributed by atoms with Crippen LogP contribution < -0.4 is 5.73 Å². The zero-order valence-electron chi connectivity index (χ0n) is 12.9. The van der Waals surface area contributed by atoms with Gasteiger partial charge >= 0.3 is 0 Å². The highest BCUT2D eigenvalue weighted by atomic mass is 32.1. The molecule has 0 unspecified atom stereocenters. The van der Waals surface area contributed by atoms with Crippen LogP contribution in [0, 0.1) is 13.8 Å². The number of nitrogens with zero attached hydrogens (tertiary/aromatic N) is 2. The third-order valence-corrected chi connectivity index (χ3v) is 4.35. The monoisotopic (exact) mass is 303 g/mol. The van der Waals surface area contributed by atoms with Gasteiger partial charge in [0.1, 0.15) is 4.88 Å². The lowest BCUT2D eigenvalue weighted by molar-refractivity contribution is 0.0694. The van der Waals surface area contributed by atoms with Crippen LogP contribution in [0.5, 0.6) is 0 Å². The Labute approximate surface area is 129 Å². The van der Waals surface area contributed by atoms with E-state index in [1.165, 1.54) is 11.3 Å². The van der Waals surface area contributed by atoms with Crippen molar-refractivity contribution in [1.82, 2.24) is 9.88 Å². The maximum atomic E-state index is 12.8. The highest BCUT2D eigenvalue weighted by molar-refractivity contribution is 7.13. The molecule has 2 rings (SSSR count). The molecule has 1 aromatic carbocycles. The van der Waals surface area contributed by atoms with E-state index in [2.05, 4.69) is 4.98 Å². The molecule has 2 N–H and O–H groups in total. The Morgan fingerprint density at radius 3 is 2.62 bits per heavy atom. The van der Waals surface area contributed by atoms with E-state index < -0.39 is 0 Å². The van der Waals surface area contributed by atoms with E-state index in [-0.39, 0.29) is 11.9 Å². The fourth-order valence-corrected chi connectivity index (χ4v) is 3.11. The molecule has 0 bridgehead atoms. The lowest BCUT2D eigenvalue weighted by atomic mass is 10.1. The van der Waals surface area contributed by atoms with Crippen molar-refractivity contribution in [3.8, 4) is 0 Å². The van der Waals surface area contributed by atoms with Crippen molar-refractivity contribution in [3.63, 3.8) is 0 Å². The summed E-state index contributed by atoms with van der Waals surface area (Å²) >= 11 is 1.45. The first kappa shape index (κ1) is 15.5. The van der Waals surface area contributed by atoms with Gasteiger partial charge in [-0.3, -0.25) is 4.79 Å². The van der Waals surface area contributed by atoms with Gasteiger partial charge in [-0.05, 0) is 45.4 Å². The lowest BCUT2D eigenvalue weighted by Crippen LogP contribution is -2.36. The smallest absolute Gasteiger partial charge is 0.266 e. The zero-order chi connectivity index (χ0) is 15.6. The number of benzene rings is 1. The van der Waals surface area contributed by atoms with Gasteiger partial charge in [0.25, 0.3) is 5.91 Å². The molecule has 0 aliphatic rings. The summed E-state index contributed by atoms with van der Waals surface area (Å²) in [6.45, 7) is 8.40. The first-order chi connectivity index (χ1) is 9.88. The minimum absolute atomic E-state index is 0.0375. The van der Waals surface area contributed by atoms with Gasteiger partial charge in [-0.25, -0.2) is 4.98 Å². The van der Waals surface area contributed by atoms with Crippen LogP contribution in [-0.2, 0) is 6.54 Å². The molecule has 5 heteroatoms. The van der Waals surface area contributed by atoms with E-state index in [0.717, 1.165) is 21.1 Å². The van der Waals surface area contributed by atoms with Crippen LogP contribution >= 0.6 is 11.3 Å². The number of carbonyl (C=O) groups excluding carboxylic acids is 1. The number of carbonyl (C=O) groups is 1. The highest BCUT2D eigenvalue weighted by Crippen LogP contribution is 2.22. The van der Waals surface area contributed by atoms with Gasteiger partial charge in [0.15, 0.2) is 0 Å². The number of hydrogen-bond donors (Lipinski definition) is 1. The number of thiazole rings is 1. The molecule has 112 valence electrons. The second kappa shape index (κ2) is 6.26. The van der Waals surface area contributed by atoms with E-state index in [4.69, 9.17) is 5.73 Å². The van der Waals surface area contributed by atoms with Crippen molar-refractivity contribution in [2.24, 2.45) is 0 Å². The van der Waals surface area contributed by atoms with E-state index in [1.54, 1.807) is 0 Å². The van der Waals surface area contributed by atoms with Crippen LogP contribution in [0.4, 0.5) is 5.69 Å². The van der Waals surface area contributed by atoms with Gasteiger partial charge in [0, 0.05) is 18.3 Å². The summed E-state index contributed by atoms with van der Waals surface area (Å²) in [4.78, 5) is 19.7. The van der Waals surface area contributed by atoms with E-state index in [0.29, 0.717) is 12.2 Å². The van der Waals surface area contributed by atoms with E-state index in [9.17, 15) is 4.79 Å². The third-order valence-electron chi connectivity index (χ3n) is 3.29. The standard InChI is InChI=1S/C16H21N3OS/c1-10(2)19(9-13-6-5-7-14(17)8-13)16(20)15-11(3)18-12(4)21-15/h5-8,10H,9,17H2,1-4H3. The Morgan fingerprint density at radius 2 is 2.10 bits per heavy atom. The molecule has 1 heterocycles. The number of anilines is 1. The first-order valence-corrected chi connectivity index (χ1v) is 7.79. The first-order valence-electron chi connectivity index (χ1n) is 6.98. The molecule has 0 saturated carbocycles. The largest absolute Gasteiger partial charge is 0.399 e. The predicted octanol–water partition coefficient (Wildman–Crippen LogP) is 3.39. The molecular weight excluding hydrogens is 282 g/mol. The SMILES string of the molecule is Cc1nc(C)c(C(=O)N(Cc2cccc(N)c2)C(C)C)s1. The van der Waals surface area contributed by atoms with Gasteiger partial charge < -0.3 is 10.6 Å². The third kappa shape index (κ3) is 3.61. The molecule has 4 nitrogen and oxygen atoms in total. The van der Waals surface area contributed by atoms with Crippen LogP contribution in [0.2, 0.25) is 0 Å². The Kier molecular flexibility index (Phi) is 4.63. The molecule has 1 amide bonds. The van der Waals surface area contributed by atoms with E-state index in [1.807, 2.05) is 56.9 Å². The Balaban J connectivity index is 2.27. The van der Waals surface area contributed by atoms with Crippen molar-refractivity contribution < 1.29 is 4.79 Å². The molecule has 0 aliphatic carbocycles. The van der Waals surface area contributed by atoms with Gasteiger partial charge in [0.05, 0.1) is 10.7 Å². The quantitative estimate of drug-likeness (QED) is 0.881. The summed E-state index contributed by atoms with van der Waals surface area (Å²) < 4.78 is 0. The normalized spacial score (nSPS) is 10.9. The average molecular weight is 303 g/mol. The fourth-order valence-electron chi connectivity index (χ4n) is 2.24. The van der Waals surface area contributed by atoms with Crippen molar-refractivity contribution >= 4 is 22.9 Å². The van der Waals surface area contributed by atoms with Crippen LogP contribution in [0.15, 0.2) is 24.3 Å². The molecule has 0 aliphatic heterocycles. The van der Waals surface area contributed by atoms with Gasteiger partial charge in [-0.1, -0.05) is 12.1 Å². The van der Waals surface area contributed by atoms with Gasteiger partial charge in [0.2, 0.25) is 0 Å². The van der Waals surface area contributed by atoms with Crippen LogP contribution in [-0.4, -0.2) is 21.8 Å². The molecule has 0 fully saturated rings. The van der Waals surface area contributed by atoms with Crippen molar-refractivity contribution in [3.05, 3.63) is 45.4 Å². The minimum atomic E-state index is 0.0375. The summed E-state index contributed by atoms with van der Waals surface area (Å²) in [5.41, 5.74) is 8.37. The van der Waals surface area contributed by atoms with Crippen LogP contribution in [0.3, 0.4) is 0 Å². The summed E-state index contributed by atoms with van der Waals surface area (Å²) in [5, 5.41) is 0.920. The number of nitrogens with two attached hydrogens (primary N) is 1. The highest BCUT2D eigenvalue weighted by Gasteiger charge is 2.23. The van der Waals surface area contributed by atoms with Crippen LogP contribution in [0.1, 0.15) is 39.8 Å². The van der Waals surface area contributed by atoms with Crippen molar-refractivity contribution in [2.75, 3.05) is 5.73 Å². The topological polar surface area (TPSA) is 59.2 Å². The Hall–Kier alpha value is -1.88. The minimum Gasteiger partial charge on any atom is -0.399 e. The number of amides is 1. The zero-order valence-corrected chi connectivity index (χ0v) is 13.7. The predicted molar refractivity (Wildman–Crippen MR) is 87.5 cm³/mol. The number of rotatable bonds is 4. The number of aryl methyl sites for hydroxylation is 2. The van der Waals surface area contributed by atoms with Gasteiger partial charge in [-0.15, -0.1) is 11.3 Å². The summed E-state index contributed by atoms with van der Waals surface area (Å²) in [7, 11) is 0. The number of nitrogen functional groups attached to an aromatic ring is 1. The molecule has 21 heavy (non-hydrogen) atoms. The maximum absolute atomic E-state index is 12.8. The maximum Gasteiger partial charge on any atom is 0.266 e. The Bertz CT molecular complexity index is 649.